The molecule has 196 valence electrons. The van der Waals surface area contributed by atoms with Crippen molar-refractivity contribution in [2.45, 2.75) is 24.9 Å². The second-order valence-corrected chi connectivity index (χ2v) is 9.69. The number of rotatable bonds is 7. The number of hydrogen-bond donors (Lipinski definition) is 1. The summed E-state index contributed by atoms with van der Waals surface area (Å²) < 4.78 is 5.39. The summed E-state index contributed by atoms with van der Waals surface area (Å²) in [5.74, 6) is 0.163. The molecule has 0 atom stereocenters. The van der Waals surface area contributed by atoms with Crippen LogP contribution in [0.2, 0.25) is 0 Å². The third kappa shape index (κ3) is 4.94. The smallest absolute Gasteiger partial charge is 0.257 e. The van der Waals surface area contributed by atoms with E-state index in [0.717, 1.165) is 11.3 Å². The molecule has 0 saturated carbocycles. The molecule has 2 fully saturated rings. The minimum atomic E-state index is -0.807. The molecule has 3 aromatic rings. The van der Waals surface area contributed by atoms with E-state index in [0.29, 0.717) is 50.5 Å². The van der Waals surface area contributed by atoms with E-state index in [1.54, 1.807) is 29.0 Å². The zero-order chi connectivity index (χ0) is 26.5. The van der Waals surface area contributed by atoms with Crippen molar-refractivity contribution in [3.63, 3.8) is 0 Å². The van der Waals surface area contributed by atoms with Crippen LogP contribution >= 0.6 is 0 Å². The number of carbonyl (C=O) groups excluding carboxylic acids is 3. The molecule has 0 unspecified atom stereocenters. The van der Waals surface area contributed by atoms with Gasteiger partial charge in [0.2, 0.25) is 5.91 Å². The molecule has 2 aliphatic rings. The van der Waals surface area contributed by atoms with Crippen LogP contribution in [0.3, 0.4) is 0 Å². The van der Waals surface area contributed by atoms with Gasteiger partial charge < -0.3 is 24.8 Å². The lowest BCUT2D eigenvalue weighted by molar-refractivity contribution is -0.137. The predicted molar refractivity (Wildman–Crippen MR) is 145 cm³/mol. The van der Waals surface area contributed by atoms with Crippen LogP contribution in [0.5, 0.6) is 5.75 Å². The fourth-order valence-corrected chi connectivity index (χ4v) is 5.42. The first-order chi connectivity index (χ1) is 18.5. The van der Waals surface area contributed by atoms with Crippen molar-refractivity contribution in [3.05, 3.63) is 96.1 Å². The van der Waals surface area contributed by atoms with Crippen LogP contribution in [0.15, 0.2) is 84.9 Å². The van der Waals surface area contributed by atoms with E-state index in [4.69, 9.17) is 4.74 Å². The molecule has 8 nitrogen and oxygen atoms in total. The van der Waals surface area contributed by atoms with Crippen LogP contribution in [0.25, 0.3) is 0 Å². The molecule has 1 N–H and O–H groups in total. The Kier molecular flexibility index (Phi) is 7.31. The summed E-state index contributed by atoms with van der Waals surface area (Å²) in [5, 5.41) is 2.93. The SMILES string of the molecule is COc1ccccc1C(=O)N1CCC2(CC1)C(=O)N(CC(=O)NCc1ccccc1)CN2c1ccccc1. The molecule has 3 aromatic carbocycles. The Morgan fingerprint density at radius 2 is 1.53 bits per heavy atom. The minimum Gasteiger partial charge on any atom is -0.496 e. The molecule has 1 spiro atoms. The number of methoxy groups -OCH3 is 1. The van der Waals surface area contributed by atoms with Gasteiger partial charge in [-0.3, -0.25) is 14.4 Å². The van der Waals surface area contributed by atoms with E-state index in [1.165, 1.54) is 0 Å². The monoisotopic (exact) mass is 512 g/mol. The number of anilines is 1. The lowest BCUT2D eigenvalue weighted by atomic mass is 9.85. The Labute approximate surface area is 222 Å². The van der Waals surface area contributed by atoms with E-state index in [-0.39, 0.29) is 24.3 Å². The van der Waals surface area contributed by atoms with Crippen molar-refractivity contribution < 1.29 is 19.1 Å². The minimum absolute atomic E-state index is 0.0133. The second-order valence-electron chi connectivity index (χ2n) is 9.69. The third-order valence-corrected chi connectivity index (χ3v) is 7.46. The molecule has 0 bridgehead atoms. The highest BCUT2D eigenvalue weighted by Gasteiger charge is 2.54. The van der Waals surface area contributed by atoms with Gasteiger partial charge >= 0.3 is 0 Å². The number of para-hydroxylation sites is 2. The summed E-state index contributed by atoms with van der Waals surface area (Å²) in [5.41, 5.74) is 1.64. The third-order valence-electron chi connectivity index (χ3n) is 7.46. The maximum Gasteiger partial charge on any atom is 0.257 e. The summed E-state index contributed by atoms with van der Waals surface area (Å²) in [6.07, 6.45) is 0.952. The Balaban J connectivity index is 1.31. The quantitative estimate of drug-likeness (QED) is 0.526. The Morgan fingerprint density at radius 3 is 2.21 bits per heavy atom. The van der Waals surface area contributed by atoms with Gasteiger partial charge in [-0.1, -0.05) is 60.7 Å². The molecule has 0 aromatic heterocycles. The summed E-state index contributed by atoms with van der Waals surface area (Å²) >= 11 is 0. The molecule has 5 rings (SSSR count). The van der Waals surface area contributed by atoms with Crippen molar-refractivity contribution >= 4 is 23.4 Å². The number of amides is 3. The zero-order valence-corrected chi connectivity index (χ0v) is 21.5. The molecular weight excluding hydrogens is 480 g/mol. The van der Waals surface area contributed by atoms with E-state index in [2.05, 4.69) is 10.2 Å². The number of benzene rings is 3. The molecule has 3 amide bonds. The maximum atomic E-state index is 13.9. The summed E-state index contributed by atoms with van der Waals surface area (Å²) in [6.45, 7) is 1.58. The van der Waals surface area contributed by atoms with Crippen molar-refractivity contribution in [2.75, 3.05) is 38.3 Å². The van der Waals surface area contributed by atoms with Crippen LogP contribution in [0.4, 0.5) is 5.69 Å². The van der Waals surface area contributed by atoms with E-state index < -0.39 is 5.54 Å². The van der Waals surface area contributed by atoms with Crippen LogP contribution in [0.1, 0.15) is 28.8 Å². The summed E-state index contributed by atoms with van der Waals surface area (Å²) in [6, 6.07) is 26.7. The van der Waals surface area contributed by atoms with Crippen molar-refractivity contribution in [1.82, 2.24) is 15.1 Å². The first-order valence-corrected chi connectivity index (χ1v) is 12.9. The average Bonchev–Trinajstić information content (AvgIpc) is 3.23. The standard InChI is InChI=1S/C30H32N4O4/c1-38-26-15-9-8-14-25(26)28(36)32-18-16-30(17-19-32)29(37)33(22-34(30)24-12-6-3-7-13-24)21-27(35)31-20-23-10-4-2-5-11-23/h2-15H,16-22H2,1H3,(H,31,35). The Bertz CT molecular complexity index is 1290. The second kappa shape index (κ2) is 11.0. The molecular formula is C30H32N4O4. The van der Waals surface area contributed by atoms with Gasteiger partial charge in [-0.05, 0) is 42.7 Å². The van der Waals surface area contributed by atoms with Crippen molar-refractivity contribution in [1.29, 1.82) is 0 Å². The molecule has 2 aliphatic heterocycles. The normalized spacial score (nSPS) is 16.6. The summed E-state index contributed by atoms with van der Waals surface area (Å²) in [7, 11) is 1.55. The first kappa shape index (κ1) is 25.3. The van der Waals surface area contributed by atoms with Crippen LogP contribution in [0, 0.1) is 0 Å². The lowest BCUT2D eigenvalue weighted by Gasteiger charge is -2.43. The molecule has 38 heavy (non-hydrogen) atoms. The topological polar surface area (TPSA) is 82.2 Å². The average molecular weight is 513 g/mol. The van der Waals surface area contributed by atoms with Crippen LogP contribution in [-0.4, -0.2) is 66.5 Å². The van der Waals surface area contributed by atoms with Gasteiger partial charge in [-0.25, -0.2) is 0 Å². The maximum absolute atomic E-state index is 13.9. The Hall–Kier alpha value is -4.33. The number of likely N-dealkylation sites (tertiary alicyclic amines) is 1. The van der Waals surface area contributed by atoms with Crippen LogP contribution < -0.4 is 15.0 Å². The molecule has 0 aliphatic carbocycles. The highest BCUT2D eigenvalue weighted by Crippen LogP contribution is 2.40. The predicted octanol–water partition coefficient (Wildman–Crippen LogP) is 3.29. The molecule has 8 heteroatoms. The van der Waals surface area contributed by atoms with Gasteiger partial charge in [0.25, 0.3) is 11.8 Å². The summed E-state index contributed by atoms with van der Waals surface area (Å²) in [4.78, 5) is 45.5. The lowest BCUT2D eigenvalue weighted by Crippen LogP contribution is -2.57. The first-order valence-electron chi connectivity index (χ1n) is 12.9. The number of ether oxygens (including phenoxy) is 1. The number of nitrogens with zero attached hydrogens (tertiary/aromatic N) is 3. The van der Waals surface area contributed by atoms with Crippen molar-refractivity contribution in [3.8, 4) is 5.75 Å². The van der Waals surface area contributed by atoms with Gasteiger partial charge in [-0.15, -0.1) is 0 Å². The number of hydrogen-bond acceptors (Lipinski definition) is 5. The fourth-order valence-electron chi connectivity index (χ4n) is 5.42. The Morgan fingerprint density at radius 1 is 0.895 bits per heavy atom. The number of nitrogens with one attached hydrogen (secondary N) is 1. The van der Waals surface area contributed by atoms with Gasteiger partial charge in [0.15, 0.2) is 0 Å². The van der Waals surface area contributed by atoms with Gasteiger partial charge in [-0.2, -0.15) is 0 Å². The van der Waals surface area contributed by atoms with Gasteiger partial charge in [0.1, 0.15) is 17.8 Å². The van der Waals surface area contributed by atoms with E-state index in [9.17, 15) is 14.4 Å². The highest BCUT2D eigenvalue weighted by atomic mass is 16.5. The van der Waals surface area contributed by atoms with E-state index >= 15 is 0 Å². The largest absolute Gasteiger partial charge is 0.496 e. The van der Waals surface area contributed by atoms with Crippen LogP contribution in [-0.2, 0) is 16.1 Å². The molecule has 2 heterocycles. The fraction of sp³-hybridized carbons (Fsp3) is 0.300. The van der Waals surface area contributed by atoms with E-state index in [1.807, 2.05) is 72.8 Å². The molecule has 2 saturated heterocycles. The van der Waals surface area contributed by atoms with Crippen molar-refractivity contribution in [2.24, 2.45) is 0 Å². The van der Waals surface area contributed by atoms with Gasteiger partial charge in [0.05, 0.1) is 19.3 Å². The number of piperidine rings is 1. The zero-order valence-electron chi connectivity index (χ0n) is 21.5. The number of carbonyl (C=O) groups is 3. The highest BCUT2D eigenvalue weighted by molar-refractivity contribution is 5.99. The van der Waals surface area contributed by atoms with Gasteiger partial charge in [0, 0.05) is 25.3 Å². The molecule has 0 radical (unpaired) electrons.